The van der Waals surface area contributed by atoms with Gasteiger partial charge in [-0.1, -0.05) is 34.1 Å². The monoisotopic (exact) mass is 344 g/mol. The van der Waals surface area contributed by atoms with Crippen molar-refractivity contribution < 1.29 is 4.39 Å². The smallest absolute Gasteiger partial charge is 0.128 e. The molecule has 3 aromatic rings. The van der Waals surface area contributed by atoms with Gasteiger partial charge in [-0.15, -0.1) is 0 Å². The summed E-state index contributed by atoms with van der Waals surface area (Å²) in [5.41, 5.74) is 2.42. The highest BCUT2D eigenvalue weighted by Gasteiger charge is 2.12. The molecule has 0 saturated heterocycles. The number of benzene rings is 2. The van der Waals surface area contributed by atoms with Crippen LogP contribution in [0.15, 0.2) is 59.2 Å². The first kappa shape index (κ1) is 14.0. The normalized spacial score (nSPS) is 12.3. The molecular weight excluding hydrogens is 331 g/mol. The fourth-order valence-electron chi connectivity index (χ4n) is 2.38. The van der Waals surface area contributed by atoms with E-state index in [4.69, 9.17) is 0 Å². The first-order valence-electron chi connectivity index (χ1n) is 6.70. The highest BCUT2D eigenvalue weighted by atomic mass is 79.9. The maximum Gasteiger partial charge on any atom is 0.128 e. The molecule has 2 aromatic carbocycles. The minimum absolute atomic E-state index is 0.157. The standard InChI is InChI=1S/C17H14BrFN2/c1-11(14-10-13(18)7-8-15(14)19)21-16-6-2-4-12-5-3-9-20-17(12)16/h2-11,21H,1H3. The van der Waals surface area contributed by atoms with Crippen molar-refractivity contribution in [3.05, 3.63) is 70.6 Å². The number of hydrogen-bond donors (Lipinski definition) is 1. The Kier molecular flexibility index (Phi) is 3.88. The summed E-state index contributed by atoms with van der Waals surface area (Å²) in [4.78, 5) is 4.40. The van der Waals surface area contributed by atoms with Gasteiger partial charge in [0.2, 0.25) is 0 Å². The van der Waals surface area contributed by atoms with Crippen molar-refractivity contribution in [1.82, 2.24) is 4.98 Å². The molecular formula is C17H14BrFN2. The van der Waals surface area contributed by atoms with Crippen LogP contribution in [-0.2, 0) is 0 Å². The van der Waals surface area contributed by atoms with Crippen LogP contribution in [0.1, 0.15) is 18.5 Å². The summed E-state index contributed by atoms with van der Waals surface area (Å²) >= 11 is 3.38. The van der Waals surface area contributed by atoms with Gasteiger partial charge < -0.3 is 5.32 Å². The lowest BCUT2D eigenvalue weighted by molar-refractivity contribution is 0.600. The number of nitrogens with one attached hydrogen (secondary N) is 1. The topological polar surface area (TPSA) is 24.9 Å². The predicted octanol–water partition coefficient (Wildman–Crippen LogP) is 5.31. The summed E-state index contributed by atoms with van der Waals surface area (Å²) in [6.07, 6.45) is 1.76. The SMILES string of the molecule is CC(Nc1cccc2cccnc12)c1cc(Br)ccc1F. The lowest BCUT2D eigenvalue weighted by Gasteiger charge is -2.17. The van der Waals surface area contributed by atoms with Crippen LogP contribution in [-0.4, -0.2) is 4.98 Å². The molecule has 0 radical (unpaired) electrons. The minimum Gasteiger partial charge on any atom is -0.377 e. The van der Waals surface area contributed by atoms with Crippen molar-refractivity contribution in [2.24, 2.45) is 0 Å². The van der Waals surface area contributed by atoms with E-state index in [2.05, 4.69) is 26.2 Å². The predicted molar refractivity (Wildman–Crippen MR) is 87.9 cm³/mol. The van der Waals surface area contributed by atoms with Gasteiger partial charge in [-0.2, -0.15) is 0 Å². The Morgan fingerprint density at radius 3 is 2.81 bits per heavy atom. The molecule has 106 valence electrons. The molecule has 0 aliphatic carbocycles. The average Bonchev–Trinajstić information content (AvgIpc) is 2.50. The summed E-state index contributed by atoms with van der Waals surface area (Å²) in [5.74, 6) is -0.216. The Hall–Kier alpha value is -1.94. The highest BCUT2D eigenvalue weighted by Crippen LogP contribution is 2.28. The Morgan fingerprint density at radius 1 is 1.14 bits per heavy atom. The zero-order valence-corrected chi connectivity index (χ0v) is 13.1. The molecule has 2 nitrogen and oxygen atoms in total. The van der Waals surface area contributed by atoms with Crippen LogP contribution >= 0.6 is 15.9 Å². The van der Waals surface area contributed by atoms with Crippen molar-refractivity contribution in [3.63, 3.8) is 0 Å². The fourth-order valence-corrected chi connectivity index (χ4v) is 2.76. The second-order valence-electron chi connectivity index (χ2n) is 4.91. The Balaban J connectivity index is 1.96. The van der Waals surface area contributed by atoms with Crippen molar-refractivity contribution in [3.8, 4) is 0 Å². The van der Waals surface area contributed by atoms with E-state index < -0.39 is 0 Å². The fraction of sp³-hybridized carbons (Fsp3) is 0.118. The average molecular weight is 345 g/mol. The van der Waals surface area contributed by atoms with Crippen LogP contribution < -0.4 is 5.32 Å². The van der Waals surface area contributed by atoms with E-state index in [-0.39, 0.29) is 11.9 Å². The molecule has 0 spiro atoms. The Morgan fingerprint density at radius 2 is 1.95 bits per heavy atom. The van der Waals surface area contributed by atoms with Crippen molar-refractivity contribution in [2.45, 2.75) is 13.0 Å². The van der Waals surface area contributed by atoms with Gasteiger partial charge in [0.05, 0.1) is 17.2 Å². The molecule has 0 amide bonds. The number of pyridine rings is 1. The van der Waals surface area contributed by atoms with Gasteiger partial charge in [-0.3, -0.25) is 4.98 Å². The summed E-state index contributed by atoms with van der Waals surface area (Å²) in [6.45, 7) is 1.94. The van der Waals surface area contributed by atoms with Gasteiger partial charge in [-0.05, 0) is 37.3 Å². The van der Waals surface area contributed by atoms with E-state index >= 15 is 0 Å². The number of hydrogen-bond acceptors (Lipinski definition) is 2. The molecule has 0 aliphatic rings. The second kappa shape index (κ2) is 5.82. The van der Waals surface area contributed by atoms with Gasteiger partial charge >= 0.3 is 0 Å². The number of aromatic nitrogens is 1. The van der Waals surface area contributed by atoms with E-state index in [1.54, 1.807) is 18.3 Å². The molecule has 21 heavy (non-hydrogen) atoms. The molecule has 1 unspecified atom stereocenters. The number of anilines is 1. The van der Waals surface area contributed by atoms with E-state index in [0.29, 0.717) is 5.56 Å². The molecule has 0 saturated carbocycles. The first-order valence-corrected chi connectivity index (χ1v) is 7.49. The molecule has 1 aromatic heterocycles. The minimum atomic E-state index is -0.216. The zero-order chi connectivity index (χ0) is 14.8. The second-order valence-corrected chi connectivity index (χ2v) is 5.83. The molecule has 0 aliphatic heterocycles. The number of nitrogens with zero attached hydrogens (tertiary/aromatic N) is 1. The lowest BCUT2D eigenvalue weighted by atomic mass is 10.1. The van der Waals surface area contributed by atoms with Crippen LogP contribution in [0.25, 0.3) is 10.9 Å². The largest absolute Gasteiger partial charge is 0.377 e. The maximum atomic E-state index is 14.0. The molecule has 3 rings (SSSR count). The molecule has 4 heteroatoms. The van der Waals surface area contributed by atoms with E-state index in [1.807, 2.05) is 37.3 Å². The zero-order valence-electron chi connectivity index (χ0n) is 11.5. The van der Waals surface area contributed by atoms with Crippen molar-refractivity contribution in [2.75, 3.05) is 5.32 Å². The molecule has 0 fully saturated rings. The maximum absolute atomic E-state index is 14.0. The third-order valence-electron chi connectivity index (χ3n) is 3.43. The van der Waals surface area contributed by atoms with Crippen LogP contribution in [0.5, 0.6) is 0 Å². The van der Waals surface area contributed by atoms with Gasteiger partial charge in [0, 0.05) is 21.6 Å². The highest BCUT2D eigenvalue weighted by molar-refractivity contribution is 9.10. The summed E-state index contributed by atoms with van der Waals surface area (Å²) in [6, 6.07) is 14.7. The summed E-state index contributed by atoms with van der Waals surface area (Å²) < 4.78 is 14.8. The van der Waals surface area contributed by atoms with Crippen molar-refractivity contribution >= 4 is 32.5 Å². The third-order valence-corrected chi connectivity index (χ3v) is 3.92. The molecule has 1 heterocycles. The van der Waals surface area contributed by atoms with Gasteiger partial charge in [-0.25, -0.2) is 4.39 Å². The third kappa shape index (κ3) is 2.90. The summed E-state index contributed by atoms with van der Waals surface area (Å²) in [5, 5.41) is 4.41. The number of para-hydroxylation sites is 1. The van der Waals surface area contributed by atoms with Crippen LogP contribution in [0.3, 0.4) is 0 Å². The van der Waals surface area contributed by atoms with Crippen LogP contribution in [0.2, 0.25) is 0 Å². The molecule has 1 atom stereocenters. The van der Waals surface area contributed by atoms with Gasteiger partial charge in [0.1, 0.15) is 5.82 Å². The lowest BCUT2D eigenvalue weighted by Crippen LogP contribution is -2.09. The van der Waals surface area contributed by atoms with Gasteiger partial charge in [0.15, 0.2) is 0 Å². The van der Waals surface area contributed by atoms with E-state index in [1.165, 1.54) is 6.07 Å². The van der Waals surface area contributed by atoms with E-state index in [9.17, 15) is 4.39 Å². The quantitative estimate of drug-likeness (QED) is 0.696. The number of rotatable bonds is 3. The first-order chi connectivity index (χ1) is 10.1. The van der Waals surface area contributed by atoms with Crippen molar-refractivity contribution in [1.29, 1.82) is 0 Å². The number of halogens is 2. The summed E-state index contributed by atoms with van der Waals surface area (Å²) in [7, 11) is 0. The van der Waals surface area contributed by atoms with Crippen LogP contribution in [0.4, 0.5) is 10.1 Å². The molecule has 0 bridgehead atoms. The Labute approximate surface area is 131 Å². The number of fused-ring (bicyclic) bond motifs is 1. The Bertz CT molecular complexity index is 783. The van der Waals surface area contributed by atoms with Crippen LogP contribution in [0, 0.1) is 5.82 Å². The van der Waals surface area contributed by atoms with Gasteiger partial charge in [0.25, 0.3) is 0 Å². The molecule has 1 N–H and O–H groups in total. The van der Waals surface area contributed by atoms with E-state index in [0.717, 1.165) is 21.1 Å².